The van der Waals surface area contributed by atoms with Gasteiger partial charge in [0, 0.05) is 12.4 Å². The van der Waals surface area contributed by atoms with Gasteiger partial charge in [-0.3, -0.25) is 4.79 Å². The molecule has 0 aliphatic carbocycles. The second-order valence-electron chi connectivity index (χ2n) is 2.93. The quantitative estimate of drug-likeness (QED) is 0.635. The number of hydrogen-bond donors (Lipinski definition) is 2. The molecule has 4 heteroatoms. The molecule has 0 aromatic carbocycles. The largest absolute Gasteiger partial charge is 0.369 e. The molecule has 60 valence electrons. The van der Waals surface area contributed by atoms with E-state index in [1.54, 1.807) is 26.2 Å². The van der Waals surface area contributed by atoms with E-state index >= 15 is 0 Å². The van der Waals surface area contributed by atoms with Gasteiger partial charge in [-0.05, 0) is 13.8 Å². The van der Waals surface area contributed by atoms with Crippen LogP contribution in [0.5, 0.6) is 0 Å². The lowest BCUT2D eigenvalue weighted by Crippen LogP contribution is -2.36. The minimum Gasteiger partial charge on any atom is -0.369 e. The van der Waals surface area contributed by atoms with Gasteiger partial charge in [-0.2, -0.15) is 0 Å². The molecule has 0 aliphatic heterocycles. The van der Waals surface area contributed by atoms with Crippen molar-refractivity contribution in [2.75, 3.05) is 0 Å². The van der Waals surface area contributed by atoms with Crippen LogP contribution in [-0.2, 0) is 10.2 Å². The number of aromatic amines is 1. The first-order chi connectivity index (χ1) is 5.05. The molecule has 0 aliphatic rings. The van der Waals surface area contributed by atoms with Gasteiger partial charge in [-0.25, -0.2) is 4.98 Å². The summed E-state index contributed by atoms with van der Waals surface area (Å²) in [5.74, 6) is 0.220. The number of carbonyl (C=O) groups excluding carboxylic acids is 1. The molecule has 1 rings (SSSR count). The number of nitrogens with one attached hydrogen (secondary N) is 1. The van der Waals surface area contributed by atoms with Gasteiger partial charge in [0.05, 0.1) is 0 Å². The van der Waals surface area contributed by atoms with Gasteiger partial charge in [0.2, 0.25) is 5.91 Å². The molecule has 0 saturated carbocycles. The standard InChI is InChI=1S/C7H11N3O/c1-7(2,5(8)11)6-9-3-4-10-6/h3-4H,1-2H3,(H2,8,11)(H,9,10). The monoisotopic (exact) mass is 153 g/mol. The summed E-state index contributed by atoms with van der Waals surface area (Å²) >= 11 is 0. The second-order valence-corrected chi connectivity index (χ2v) is 2.93. The summed E-state index contributed by atoms with van der Waals surface area (Å²) in [6, 6.07) is 0. The molecule has 4 nitrogen and oxygen atoms in total. The van der Waals surface area contributed by atoms with Crippen molar-refractivity contribution < 1.29 is 4.79 Å². The van der Waals surface area contributed by atoms with Gasteiger partial charge in [-0.1, -0.05) is 0 Å². The van der Waals surface area contributed by atoms with E-state index in [9.17, 15) is 4.79 Å². The molecule has 11 heavy (non-hydrogen) atoms. The second kappa shape index (κ2) is 2.38. The molecule has 0 bridgehead atoms. The number of rotatable bonds is 2. The third kappa shape index (κ3) is 1.24. The van der Waals surface area contributed by atoms with E-state index in [0.717, 1.165) is 0 Å². The molecule has 0 fully saturated rings. The van der Waals surface area contributed by atoms with Crippen molar-refractivity contribution in [3.63, 3.8) is 0 Å². The lowest BCUT2D eigenvalue weighted by atomic mass is 9.92. The summed E-state index contributed by atoms with van der Waals surface area (Å²) in [4.78, 5) is 17.7. The van der Waals surface area contributed by atoms with E-state index in [-0.39, 0.29) is 5.91 Å². The molecule has 0 radical (unpaired) electrons. The van der Waals surface area contributed by atoms with Gasteiger partial charge in [-0.15, -0.1) is 0 Å². The van der Waals surface area contributed by atoms with Crippen LogP contribution in [-0.4, -0.2) is 15.9 Å². The highest BCUT2D eigenvalue weighted by atomic mass is 16.1. The molecule has 0 spiro atoms. The van der Waals surface area contributed by atoms with Crippen LogP contribution in [0.15, 0.2) is 12.4 Å². The summed E-state index contributed by atoms with van der Waals surface area (Å²) in [5, 5.41) is 0. The van der Waals surface area contributed by atoms with Gasteiger partial charge in [0.15, 0.2) is 0 Å². The van der Waals surface area contributed by atoms with E-state index in [1.807, 2.05) is 0 Å². The number of nitrogens with two attached hydrogens (primary N) is 1. The highest BCUT2D eigenvalue weighted by Crippen LogP contribution is 2.17. The Hall–Kier alpha value is -1.32. The number of H-pyrrole nitrogens is 1. The fourth-order valence-electron chi connectivity index (χ4n) is 0.724. The van der Waals surface area contributed by atoms with E-state index in [4.69, 9.17) is 5.73 Å². The van der Waals surface area contributed by atoms with Crippen LogP contribution in [0.2, 0.25) is 0 Å². The van der Waals surface area contributed by atoms with E-state index < -0.39 is 5.41 Å². The summed E-state index contributed by atoms with van der Waals surface area (Å²) < 4.78 is 0. The molecule has 0 unspecified atom stereocenters. The van der Waals surface area contributed by atoms with Crippen molar-refractivity contribution in [3.8, 4) is 0 Å². The Morgan fingerprint density at radius 1 is 1.73 bits per heavy atom. The van der Waals surface area contributed by atoms with Crippen LogP contribution < -0.4 is 5.73 Å². The van der Waals surface area contributed by atoms with E-state index in [2.05, 4.69) is 9.97 Å². The van der Waals surface area contributed by atoms with Crippen LogP contribution >= 0.6 is 0 Å². The van der Waals surface area contributed by atoms with Crippen LogP contribution in [0.1, 0.15) is 19.7 Å². The average molecular weight is 153 g/mol. The zero-order chi connectivity index (χ0) is 8.48. The summed E-state index contributed by atoms with van der Waals surface area (Å²) in [6.07, 6.45) is 3.26. The highest BCUT2D eigenvalue weighted by molar-refractivity contribution is 5.84. The van der Waals surface area contributed by atoms with Crippen LogP contribution in [0.25, 0.3) is 0 Å². The molecule has 3 N–H and O–H groups in total. The number of carbonyl (C=O) groups is 1. The lowest BCUT2D eigenvalue weighted by molar-refractivity contribution is -0.122. The van der Waals surface area contributed by atoms with Crippen molar-refractivity contribution >= 4 is 5.91 Å². The molecule has 1 aromatic heterocycles. The highest BCUT2D eigenvalue weighted by Gasteiger charge is 2.29. The Balaban J connectivity index is 3.00. The first kappa shape index (κ1) is 7.78. The molecule has 0 atom stereocenters. The van der Waals surface area contributed by atoms with Crippen molar-refractivity contribution in [1.29, 1.82) is 0 Å². The number of primary amides is 1. The number of amides is 1. The number of hydrogen-bond acceptors (Lipinski definition) is 2. The fourth-order valence-corrected chi connectivity index (χ4v) is 0.724. The SMILES string of the molecule is CC(C)(C(N)=O)c1ncc[nH]1. The molecule has 0 saturated heterocycles. The van der Waals surface area contributed by atoms with Gasteiger partial charge < -0.3 is 10.7 Å². The maximum absolute atomic E-state index is 10.9. The van der Waals surface area contributed by atoms with Gasteiger partial charge in [0.1, 0.15) is 11.2 Å². The number of nitrogens with zero attached hydrogens (tertiary/aromatic N) is 1. The van der Waals surface area contributed by atoms with Crippen molar-refractivity contribution in [1.82, 2.24) is 9.97 Å². The Morgan fingerprint density at radius 2 is 2.36 bits per heavy atom. The third-order valence-electron chi connectivity index (χ3n) is 1.71. The van der Waals surface area contributed by atoms with Crippen molar-refractivity contribution in [2.45, 2.75) is 19.3 Å². The van der Waals surface area contributed by atoms with Crippen LogP contribution in [0.3, 0.4) is 0 Å². The molecular formula is C7H11N3O. The minimum absolute atomic E-state index is 0.382. The van der Waals surface area contributed by atoms with E-state index in [0.29, 0.717) is 5.82 Å². The topological polar surface area (TPSA) is 71.8 Å². The predicted octanol–water partition coefficient (Wildman–Crippen LogP) is 0.173. The molecule has 1 aromatic rings. The Bertz CT molecular complexity index is 251. The zero-order valence-electron chi connectivity index (χ0n) is 6.59. The summed E-state index contributed by atoms with van der Waals surface area (Å²) in [7, 11) is 0. The Kier molecular flexibility index (Phi) is 1.68. The summed E-state index contributed by atoms with van der Waals surface area (Å²) in [6.45, 7) is 3.46. The first-order valence-electron chi connectivity index (χ1n) is 3.35. The number of aromatic nitrogens is 2. The molecular weight excluding hydrogens is 142 g/mol. The van der Waals surface area contributed by atoms with Crippen LogP contribution in [0, 0.1) is 0 Å². The van der Waals surface area contributed by atoms with E-state index in [1.165, 1.54) is 0 Å². The van der Waals surface area contributed by atoms with Gasteiger partial charge >= 0.3 is 0 Å². The summed E-state index contributed by atoms with van der Waals surface area (Å²) in [5.41, 5.74) is 4.46. The zero-order valence-corrected chi connectivity index (χ0v) is 6.59. The Morgan fingerprint density at radius 3 is 2.73 bits per heavy atom. The lowest BCUT2D eigenvalue weighted by Gasteiger charge is -2.16. The third-order valence-corrected chi connectivity index (χ3v) is 1.71. The van der Waals surface area contributed by atoms with Crippen LogP contribution in [0.4, 0.5) is 0 Å². The maximum Gasteiger partial charge on any atom is 0.230 e. The van der Waals surface area contributed by atoms with Crippen molar-refractivity contribution in [2.24, 2.45) is 5.73 Å². The average Bonchev–Trinajstić information content (AvgIpc) is 2.37. The maximum atomic E-state index is 10.9. The molecule has 1 heterocycles. The first-order valence-corrected chi connectivity index (χ1v) is 3.35. The number of imidazole rings is 1. The predicted molar refractivity (Wildman–Crippen MR) is 40.8 cm³/mol. The fraction of sp³-hybridized carbons (Fsp3) is 0.429. The normalized spacial score (nSPS) is 11.5. The minimum atomic E-state index is -0.705. The Labute approximate surface area is 64.8 Å². The smallest absolute Gasteiger partial charge is 0.230 e. The van der Waals surface area contributed by atoms with Gasteiger partial charge in [0.25, 0.3) is 0 Å². The molecule has 1 amide bonds. The van der Waals surface area contributed by atoms with Crippen molar-refractivity contribution in [3.05, 3.63) is 18.2 Å².